The minimum Gasteiger partial charge on any atom is -0.444 e. The van der Waals surface area contributed by atoms with Crippen molar-refractivity contribution in [2.45, 2.75) is 117 Å². The molecule has 65 heavy (non-hydrogen) atoms. The number of aromatic amines is 2. The third kappa shape index (κ3) is 11.8. The van der Waals surface area contributed by atoms with Crippen LogP contribution in [-0.4, -0.2) is 62.9 Å². The van der Waals surface area contributed by atoms with Gasteiger partial charge in [0, 0.05) is 52.2 Å². The number of ether oxygens (including phenoxy) is 1. The van der Waals surface area contributed by atoms with Gasteiger partial charge in [-0.25, -0.2) is 4.79 Å². The Hall–Kier alpha value is -6.03. The van der Waals surface area contributed by atoms with Gasteiger partial charge in [0.2, 0.25) is 0 Å². The number of carbonyl (C=O) groups is 3. The lowest BCUT2D eigenvalue weighted by Gasteiger charge is -2.37. The molecule has 2 atom stereocenters. The Morgan fingerprint density at radius 2 is 1.31 bits per heavy atom. The summed E-state index contributed by atoms with van der Waals surface area (Å²) in [6.07, 6.45) is 15.0. The Labute approximate surface area is 384 Å². The fourth-order valence-corrected chi connectivity index (χ4v) is 9.55. The maximum atomic E-state index is 13.5. The van der Waals surface area contributed by atoms with E-state index in [9.17, 15) is 14.4 Å². The van der Waals surface area contributed by atoms with E-state index in [4.69, 9.17) is 9.84 Å². The Bertz CT molecular complexity index is 2690. The monoisotopic (exact) mass is 875 g/mol. The maximum Gasteiger partial charge on any atom is 0.410 e. The number of para-hydroxylation sites is 2. The lowest BCUT2D eigenvalue weighted by Crippen LogP contribution is -2.41. The molecule has 8 rings (SSSR count). The van der Waals surface area contributed by atoms with Crippen molar-refractivity contribution in [3.8, 4) is 0 Å². The van der Waals surface area contributed by atoms with Gasteiger partial charge < -0.3 is 30.0 Å². The van der Waals surface area contributed by atoms with Gasteiger partial charge in [-0.05, 0) is 161 Å². The van der Waals surface area contributed by atoms with Crippen molar-refractivity contribution in [2.24, 2.45) is 0 Å². The number of allylic oxidation sites excluding steroid dienone is 1. The number of hydrogen-bond acceptors (Lipinski definition) is 6. The van der Waals surface area contributed by atoms with E-state index in [1.54, 1.807) is 12.2 Å². The van der Waals surface area contributed by atoms with E-state index >= 15 is 0 Å². The van der Waals surface area contributed by atoms with E-state index in [0.29, 0.717) is 19.0 Å². The number of carbonyl (C=O) groups excluding carboxylic acids is 3. The Kier molecular flexibility index (Phi) is 15.4. The van der Waals surface area contributed by atoms with Gasteiger partial charge in [-0.1, -0.05) is 91.9 Å². The molecular formula is C56H66N4O5. The molecule has 0 bridgehead atoms. The van der Waals surface area contributed by atoms with Crippen LogP contribution in [0.1, 0.15) is 128 Å². The second-order valence-corrected chi connectivity index (χ2v) is 18.6. The zero-order valence-electron chi connectivity index (χ0n) is 39.1. The number of ketones is 2. The van der Waals surface area contributed by atoms with Gasteiger partial charge in [0.25, 0.3) is 0 Å². The fourth-order valence-electron chi connectivity index (χ4n) is 9.55. The highest BCUT2D eigenvalue weighted by atomic mass is 16.6. The summed E-state index contributed by atoms with van der Waals surface area (Å²) in [4.78, 5) is 45.4. The number of nitrogens with one attached hydrogen (secondary N) is 3. The Morgan fingerprint density at radius 3 is 1.91 bits per heavy atom. The molecule has 4 aromatic carbocycles. The predicted octanol–water partition coefficient (Wildman–Crippen LogP) is 11.6. The van der Waals surface area contributed by atoms with E-state index in [0.717, 1.165) is 73.8 Å². The predicted molar refractivity (Wildman–Crippen MR) is 264 cm³/mol. The molecule has 0 fully saturated rings. The average molecular weight is 875 g/mol. The first-order valence-corrected chi connectivity index (χ1v) is 23.5. The smallest absolute Gasteiger partial charge is 0.410 e. The summed E-state index contributed by atoms with van der Waals surface area (Å²) in [6, 6.07) is 29.9. The first-order valence-electron chi connectivity index (χ1n) is 23.5. The average Bonchev–Trinajstić information content (AvgIpc) is 3.80. The van der Waals surface area contributed by atoms with Crippen LogP contribution < -0.4 is 5.32 Å². The highest BCUT2D eigenvalue weighted by Gasteiger charge is 2.32. The molecule has 340 valence electrons. The number of amides is 1. The van der Waals surface area contributed by atoms with Crippen LogP contribution in [0.25, 0.3) is 34.0 Å². The van der Waals surface area contributed by atoms with E-state index in [1.165, 1.54) is 67.9 Å². The molecule has 9 heteroatoms. The number of aromatic nitrogens is 2. The highest BCUT2D eigenvalue weighted by Crippen LogP contribution is 2.37. The summed E-state index contributed by atoms with van der Waals surface area (Å²) in [5.74, 6) is -0.149. The van der Waals surface area contributed by atoms with Gasteiger partial charge in [-0.3, -0.25) is 9.59 Å². The summed E-state index contributed by atoms with van der Waals surface area (Å²) >= 11 is 0. The van der Waals surface area contributed by atoms with Gasteiger partial charge in [0.1, 0.15) is 12.2 Å². The van der Waals surface area contributed by atoms with Crippen molar-refractivity contribution >= 4 is 51.6 Å². The number of aliphatic hydroxyl groups is 1. The van der Waals surface area contributed by atoms with Gasteiger partial charge in [-0.2, -0.15) is 0 Å². The van der Waals surface area contributed by atoms with Gasteiger partial charge >= 0.3 is 6.09 Å². The zero-order chi connectivity index (χ0) is 46.1. The van der Waals surface area contributed by atoms with Crippen molar-refractivity contribution in [2.75, 3.05) is 19.7 Å². The first kappa shape index (κ1) is 46.9. The second-order valence-electron chi connectivity index (χ2n) is 18.6. The van der Waals surface area contributed by atoms with Crippen molar-refractivity contribution in [3.05, 3.63) is 153 Å². The van der Waals surface area contributed by atoms with Gasteiger partial charge in [-0.15, -0.1) is 0 Å². The maximum absolute atomic E-state index is 13.5. The first-order chi connectivity index (χ1) is 31.3. The van der Waals surface area contributed by atoms with E-state index in [2.05, 4.69) is 102 Å². The molecule has 1 amide bonds. The van der Waals surface area contributed by atoms with E-state index < -0.39 is 12.2 Å². The minimum absolute atomic E-state index is 0.0376. The third-order valence-electron chi connectivity index (χ3n) is 12.8. The van der Waals surface area contributed by atoms with Gasteiger partial charge in [0.15, 0.2) is 11.6 Å². The molecule has 2 aliphatic rings. The van der Waals surface area contributed by atoms with Crippen LogP contribution in [0, 0.1) is 13.8 Å². The molecule has 9 nitrogen and oxygen atoms in total. The van der Waals surface area contributed by atoms with Crippen molar-refractivity contribution < 1.29 is 24.2 Å². The topological polar surface area (TPSA) is 128 Å². The molecule has 2 aromatic heterocycles. The van der Waals surface area contributed by atoms with E-state index in [-0.39, 0.29) is 23.7 Å². The van der Waals surface area contributed by atoms with Crippen molar-refractivity contribution in [1.82, 2.24) is 20.2 Å². The molecule has 0 radical (unpaired) electrons. The number of fused-ring (bicyclic) bond motifs is 4. The number of aryl methyl sites for hydroxylation is 4. The summed E-state index contributed by atoms with van der Waals surface area (Å²) in [5.41, 5.74) is 14.0. The van der Waals surface area contributed by atoms with E-state index in [1.807, 2.05) is 50.8 Å². The number of rotatable bonds is 14. The summed E-state index contributed by atoms with van der Waals surface area (Å²) in [5, 5.41) is 15.2. The molecule has 0 saturated heterocycles. The standard InChI is InChI=1S/C31H38N2O3.C25H28N2O2/c1-6-24(34)16-14-22-15-17-26-23(20-22)10-9-13-29(26)33(30(35)36-31(3,4)5)19-18-25-21(2)32-28-12-8-7-11-27(25)28;1-17-21(23-6-2-3-7-25(23)27-17)13-14-26-24-8-4-5-19-15-18(10-12-22(19)24)9-11-20(29)16-28/h7-8,11-12,14-17,20,29,32H,6,9-10,13,18-19H2,1-5H3;2-3,6-7,9-12,15,24,26-28H,4-5,8,13-14,16H2,1H3/b16-14+;11-9+. The van der Waals surface area contributed by atoms with Crippen LogP contribution >= 0.6 is 0 Å². The molecule has 0 spiro atoms. The second kappa shape index (κ2) is 21.3. The van der Waals surface area contributed by atoms with Crippen LogP contribution in [0.4, 0.5) is 4.79 Å². The van der Waals surface area contributed by atoms with Crippen LogP contribution in [-0.2, 0) is 40.0 Å². The molecule has 2 unspecified atom stereocenters. The molecule has 0 saturated carbocycles. The largest absolute Gasteiger partial charge is 0.444 e. The van der Waals surface area contributed by atoms with Crippen LogP contribution in [0.2, 0.25) is 0 Å². The van der Waals surface area contributed by atoms with Crippen LogP contribution in [0.15, 0.2) is 97.1 Å². The number of nitrogens with zero attached hydrogens (tertiary/aromatic N) is 1. The fraction of sp³-hybridized carbons (Fsp3) is 0.375. The summed E-state index contributed by atoms with van der Waals surface area (Å²) in [6.45, 7) is 12.9. The Morgan fingerprint density at radius 1 is 0.754 bits per heavy atom. The Balaban J connectivity index is 0.000000198. The van der Waals surface area contributed by atoms with Crippen LogP contribution in [0.5, 0.6) is 0 Å². The summed E-state index contributed by atoms with van der Waals surface area (Å²) < 4.78 is 5.89. The lowest BCUT2D eigenvalue weighted by atomic mass is 9.85. The number of hydrogen-bond donors (Lipinski definition) is 4. The van der Waals surface area contributed by atoms with Crippen molar-refractivity contribution in [3.63, 3.8) is 0 Å². The molecule has 2 aliphatic carbocycles. The third-order valence-corrected chi connectivity index (χ3v) is 12.8. The highest BCUT2D eigenvalue weighted by molar-refractivity contribution is 5.94. The molecule has 2 heterocycles. The number of H-pyrrole nitrogens is 2. The minimum atomic E-state index is -0.565. The summed E-state index contributed by atoms with van der Waals surface area (Å²) in [7, 11) is 0. The molecule has 6 aromatic rings. The number of benzene rings is 4. The molecular weight excluding hydrogens is 809 g/mol. The SMILES string of the molecule is CCC(=O)/C=C/c1ccc2c(c1)CCCC2N(CCc1c(C)[nH]c2ccccc12)C(=O)OC(C)(C)C.Cc1[nH]c2ccccc2c1CCNC1CCCc2cc(/C=C/C(=O)CO)ccc21. The van der Waals surface area contributed by atoms with Gasteiger partial charge in [0.05, 0.1) is 6.04 Å². The normalized spacial score (nSPS) is 16.0. The zero-order valence-corrected chi connectivity index (χ0v) is 39.1. The number of aliphatic hydroxyl groups excluding tert-OH is 1. The molecule has 4 N–H and O–H groups in total. The van der Waals surface area contributed by atoms with Crippen molar-refractivity contribution in [1.29, 1.82) is 0 Å². The molecule has 0 aliphatic heterocycles. The quantitative estimate of drug-likeness (QED) is 0.0807. The lowest BCUT2D eigenvalue weighted by molar-refractivity contribution is -0.117. The van der Waals surface area contributed by atoms with Crippen LogP contribution in [0.3, 0.4) is 0 Å².